The van der Waals surface area contributed by atoms with E-state index in [-0.39, 0.29) is 23.5 Å². The monoisotopic (exact) mass is 571 g/mol. The molecule has 1 aliphatic carbocycles. The van der Waals surface area contributed by atoms with Crippen LogP contribution >= 0.6 is 15.9 Å². The lowest BCUT2D eigenvalue weighted by atomic mass is 10.0. The van der Waals surface area contributed by atoms with Crippen LogP contribution in [0.1, 0.15) is 27.6 Å². The molecule has 1 aromatic carbocycles. The zero-order chi connectivity index (χ0) is 25.7. The summed E-state index contributed by atoms with van der Waals surface area (Å²) in [6.07, 6.45) is 2.84. The van der Waals surface area contributed by atoms with E-state index in [1.807, 2.05) is 0 Å². The van der Waals surface area contributed by atoms with E-state index in [0.717, 1.165) is 0 Å². The van der Waals surface area contributed by atoms with Crippen LogP contribution in [0.2, 0.25) is 0 Å². The van der Waals surface area contributed by atoms with Crippen LogP contribution in [0, 0.1) is 13.8 Å². The van der Waals surface area contributed by atoms with Crippen molar-refractivity contribution >= 4 is 37.6 Å². The Morgan fingerprint density at radius 2 is 1.86 bits per heavy atom. The summed E-state index contributed by atoms with van der Waals surface area (Å²) < 4.78 is 71.8. The van der Waals surface area contributed by atoms with Gasteiger partial charge in [0.15, 0.2) is 5.69 Å². The maximum absolute atomic E-state index is 13.1. The Kier molecular flexibility index (Phi) is 6.18. The SMILES string of the molecule is Cc1nc(C)n(Cc2c3ccocc-3c(Br)c2-c2ccccc2NS(=O)(=O)C(F)(F)F)c1C(=O)O. The van der Waals surface area contributed by atoms with Crippen LogP contribution in [-0.4, -0.2) is 34.6 Å². The maximum atomic E-state index is 13.1. The topological polar surface area (TPSA) is 114 Å². The molecule has 2 heterocycles. The third kappa shape index (κ3) is 4.29. The highest BCUT2D eigenvalue weighted by atomic mass is 79.9. The molecule has 4 rings (SSSR count). The third-order valence-corrected chi connectivity index (χ3v) is 7.39. The largest absolute Gasteiger partial charge is 0.516 e. The van der Waals surface area contributed by atoms with Crippen molar-refractivity contribution in [1.82, 2.24) is 9.55 Å². The molecule has 1 aromatic heterocycles. The van der Waals surface area contributed by atoms with Crippen molar-refractivity contribution in [3.63, 3.8) is 0 Å². The molecule has 2 N–H and O–H groups in total. The van der Waals surface area contributed by atoms with Crippen molar-refractivity contribution in [2.75, 3.05) is 4.72 Å². The number of sulfonamides is 1. The van der Waals surface area contributed by atoms with E-state index in [9.17, 15) is 31.5 Å². The van der Waals surface area contributed by atoms with Gasteiger partial charge in [0.05, 0.1) is 30.5 Å². The highest BCUT2D eigenvalue weighted by molar-refractivity contribution is 9.10. The Hall–Kier alpha value is -3.32. The summed E-state index contributed by atoms with van der Waals surface area (Å²) in [7, 11) is -5.69. The fraction of sp³-hybridized carbons (Fsp3) is 0.182. The van der Waals surface area contributed by atoms with Crippen molar-refractivity contribution in [2.45, 2.75) is 25.9 Å². The molecule has 35 heavy (non-hydrogen) atoms. The predicted molar refractivity (Wildman–Crippen MR) is 125 cm³/mol. The highest BCUT2D eigenvalue weighted by Crippen LogP contribution is 2.48. The van der Waals surface area contributed by atoms with Crippen LogP contribution in [0.15, 0.2) is 51.7 Å². The van der Waals surface area contributed by atoms with Gasteiger partial charge in [0.25, 0.3) is 0 Å². The van der Waals surface area contributed by atoms with Gasteiger partial charge in [-0.1, -0.05) is 18.2 Å². The van der Waals surface area contributed by atoms with Gasteiger partial charge in [-0.2, -0.15) is 21.6 Å². The number of aromatic carboxylic acids is 1. The summed E-state index contributed by atoms with van der Waals surface area (Å²) in [5.74, 6) is -0.768. The van der Waals surface area contributed by atoms with Crippen molar-refractivity contribution in [2.24, 2.45) is 0 Å². The molecule has 2 aliphatic rings. The third-order valence-electron chi connectivity index (χ3n) is 5.47. The molecule has 0 spiro atoms. The van der Waals surface area contributed by atoms with Gasteiger partial charge in [-0.25, -0.2) is 9.78 Å². The molecule has 13 heteroatoms. The number of imidazole rings is 1. The number of carboxylic acids is 1. The molecule has 0 radical (unpaired) electrons. The number of nitrogens with one attached hydrogen (secondary N) is 1. The van der Waals surface area contributed by atoms with Gasteiger partial charge < -0.3 is 14.1 Å². The van der Waals surface area contributed by atoms with Crippen molar-refractivity contribution in [3.8, 4) is 22.3 Å². The number of alkyl halides is 3. The summed E-state index contributed by atoms with van der Waals surface area (Å²) in [6.45, 7) is 3.20. The molecule has 0 fully saturated rings. The molecule has 0 atom stereocenters. The number of hydrogen-bond acceptors (Lipinski definition) is 5. The Labute approximate surface area is 205 Å². The van der Waals surface area contributed by atoms with Crippen molar-refractivity contribution in [3.05, 3.63) is 70.1 Å². The number of halogens is 4. The second-order valence-electron chi connectivity index (χ2n) is 7.63. The number of rotatable bonds is 6. The average molecular weight is 572 g/mol. The molecule has 0 unspecified atom stereocenters. The van der Waals surface area contributed by atoms with Crippen LogP contribution in [0.4, 0.5) is 18.9 Å². The summed E-state index contributed by atoms with van der Waals surface area (Å²) in [6, 6.07) is 7.27. The lowest BCUT2D eigenvalue weighted by Gasteiger charge is -2.16. The van der Waals surface area contributed by atoms with Crippen LogP contribution in [0.3, 0.4) is 0 Å². The minimum atomic E-state index is -5.69. The molecule has 8 nitrogen and oxygen atoms in total. The molecule has 1 aliphatic heterocycles. The van der Waals surface area contributed by atoms with Gasteiger partial charge in [0, 0.05) is 21.2 Å². The zero-order valence-corrected chi connectivity index (χ0v) is 20.5. The van der Waals surface area contributed by atoms with E-state index in [1.54, 1.807) is 30.7 Å². The predicted octanol–water partition coefficient (Wildman–Crippen LogP) is 5.64. The second kappa shape index (κ2) is 8.72. The van der Waals surface area contributed by atoms with Crippen molar-refractivity contribution < 1.29 is 35.9 Å². The van der Waals surface area contributed by atoms with E-state index in [2.05, 4.69) is 20.9 Å². The molecule has 0 saturated carbocycles. The first-order valence-electron chi connectivity index (χ1n) is 9.95. The maximum Gasteiger partial charge on any atom is 0.516 e. The smallest absolute Gasteiger partial charge is 0.477 e. The van der Waals surface area contributed by atoms with Crippen LogP contribution < -0.4 is 4.72 Å². The van der Waals surface area contributed by atoms with Gasteiger partial charge >= 0.3 is 21.5 Å². The summed E-state index contributed by atoms with van der Waals surface area (Å²) in [5.41, 5.74) is -3.28. The number of nitrogens with zero attached hydrogens (tertiary/aromatic N) is 2. The van der Waals surface area contributed by atoms with E-state index in [0.29, 0.717) is 38.2 Å². The quantitative estimate of drug-likeness (QED) is 0.310. The number of aryl methyl sites for hydroxylation is 2. The molecular formula is C22H17BrF3N3O5S. The first kappa shape index (κ1) is 24.8. The van der Waals surface area contributed by atoms with Crippen LogP contribution in [0.5, 0.6) is 0 Å². The molecule has 0 bridgehead atoms. The minimum Gasteiger partial charge on any atom is -0.477 e. The number of carboxylic acid groups (broad SMARTS) is 1. The number of para-hydroxylation sites is 1. The Morgan fingerprint density at radius 1 is 1.17 bits per heavy atom. The van der Waals surface area contributed by atoms with Crippen molar-refractivity contribution in [1.29, 1.82) is 0 Å². The Balaban J connectivity index is 1.98. The first-order chi connectivity index (χ1) is 16.3. The van der Waals surface area contributed by atoms with Gasteiger partial charge in [-0.3, -0.25) is 4.72 Å². The Morgan fingerprint density at radius 3 is 2.51 bits per heavy atom. The van der Waals surface area contributed by atoms with Gasteiger partial charge in [0.2, 0.25) is 0 Å². The highest BCUT2D eigenvalue weighted by Gasteiger charge is 2.46. The normalized spacial score (nSPS) is 12.3. The van der Waals surface area contributed by atoms with E-state index in [1.165, 1.54) is 35.3 Å². The second-order valence-corrected chi connectivity index (χ2v) is 10.1. The van der Waals surface area contributed by atoms with E-state index in [4.69, 9.17) is 4.42 Å². The van der Waals surface area contributed by atoms with Crippen LogP contribution in [0.25, 0.3) is 22.3 Å². The first-order valence-corrected chi connectivity index (χ1v) is 12.2. The molecule has 0 saturated heterocycles. The molecule has 0 amide bonds. The number of fused-ring (bicyclic) bond motifs is 1. The zero-order valence-electron chi connectivity index (χ0n) is 18.1. The standard InChI is InChI=1S/C22H17BrF3N3O5S/c1-11-20(21(30)31)29(12(2)27-11)9-15-13-7-8-34-10-16(13)19(23)18(15)14-5-3-4-6-17(14)28-35(32,33)22(24,25)26/h3-8,10,28H,9H2,1-2H3,(H,30,31). The van der Waals surface area contributed by atoms with Crippen LogP contribution in [-0.2, 0) is 16.6 Å². The lowest BCUT2D eigenvalue weighted by molar-refractivity contribution is -0.0429. The minimum absolute atomic E-state index is 0.00386. The molecule has 2 aromatic rings. The van der Waals surface area contributed by atoms with E-state index < -0.39 is 21.5 Å². The molecule has 184 valence electrons. The summed E-state index contributed by atoms with van der Waals surface area (Å²) in [4.78, 5) is 16.2. The number of aromatic nitrogens is 2. The van der Waals surface area contributed by atoms with Gasteiger partial charge in [-0.05, 0) is 53.0 Å². The average Bonchev–Trinajstić information content (AvgIpc) is 3.20. The number of carbonyl (C=O) groups is 1. The number of hydrogen-bond donors (Lipinski definition) is 2. The summed E-state index contributed by atoms with van der Waals surface area (Å²) >= 11 is 3.48. The number of benzene rings is 1. The summed E-state index contributed by atoms with van der Waals surface area (Å²) in [5, 5.41) is 9.72. The van der Waals surface area contributed by atoms with Gasteiger partial charge in [0.1, 0.15) is 5.82 Å². The van der Waals surface area contributed by atoms with E-state index >= 15 is 0 Å². The fourth-order valence-corrected chi connectivity index (χ4v) is 5.32. The molecular weight excluding hydrogens is 555 g/mol. The lowest BCUT2D eigenvalue weighted by Crippen LogP contribution is -2.30. The fourth-order valence-electron chi connectivity index (χ4n) is 3.98. The Bertz CT molecular complexity index is 1530. The number of anilines is 1. The van der Waals surface area contributed by atoms with Gasteiger partial charge in [-0.15, -0.1) is 0 Å².